The summed E-state index contributed by atoms with van der Waals surface area (Å²) in [7, 11) is 1.91. The average Bonchev–Trinajstić information content (AvgIpc) is 2.75. The molecule has 0 saturated heterocycles. The van der Waals surface area contributed by atoms with E-state index in [-0.39, 0.29) is 11.9 Å². The first-order valence-corrected chi connectivity index (χ1v) is 7.50. The predicted octanol–water partition coefficient (Wildman–Crippen LogP) is 4.81. The van der Waals surface area contributed by atoms with Crippen LogP contribution in [0.4, 0.5) is 4.39 Å². The van der Waals surface area contributed by atoms with Crippen LogP contribution in [0.25, 0.3) is 0 Å². The van der Waals surface area contributed by atoms with Crippen molar-refractivity contribution in [3.05, 3.63) is 55.4 Å². The quantitative estimate of drug-likeness (QED) is 0.836. The van der Waals surface area contributed by atoms with Gasteiger partial charge in [0.1, 0.15) is 5.82 Å². The number of nitrogens with one attached hydrogen (secondary N) is 1. The number of hydrogen-bond acceptors (Lipinski definition) is 2. The Morgan fingerprint density at radius 2 is 2.22 bits per heavy atom. The van der Waals surface area contributed by atoms with E-state index in [9.17, 15) is 4.39 Å². The SMILES string of the molecule is CNC(Cc1ccc(F)cc1Cl)c1cc(Br)cs1. The summed E-state index contributed by atoms with van der Waals surface area (Å²) in [5, 5.41) is 5.78. The normalized spacial score (nSPS) is 12.7. The highest BCUT2D eigenvalue weighted by atomic mass is 79.9. The van der Waals surface area contributed by atoms with Gasteiger partial charge in [0.15, 0.2) is 0 Å². The molecule has 0 bridgehead atoms. The molecule has 0 aliphatic rings. The van der Waals surface area contributed by atoms with Crippen LogP contribution < -0.4 is 5.32 Å². The van der Waals surface area contributed by atoms with Crippen LogP contribution in [0.3, 0.4) is 0 Å². The molecule has 18 heavy (non-hydrogen) atoms. The number of likely N-dealkylation sites (N-methyl/N-ethyl adjacent to an activating group) is 1. The Kier molecular flexibility index (Phi) is 4.78. The topological polar surface area (TPSA) is 12.0 Å². The molecule has 0 amide bonds. The van der Waals surface area contributed by atoms with Gasteiger partial charge in [-0.3, -0.25) is 0 Å². The molecule has 5 heteroatoms. The first kappa shape index (κ1) is 14.0. The van der Waals surface area contributed by atoms with Crippen molar-refractivity contribution in [1.82, 2.24) is 5.32 Å². The van der Waals surface area contributed by atoms with E-state index in [0.29, 0.717) is 5.02 Å². The van der Waals surface area contributed by atoms with Crippen molar-refractivity contribution in [2.75, 3.05) is 7.05 Å². The number of hydrogen-bond donors (Lipinski definition) is 1. The van der Waals surface area contributed by atoms with Gasteiger partial charge in [-0.05, 0) is 53.2 Å². The van der Waals surface area contributed by atoms with Crippen molar-refractivity contribution in [3.63, 3.8) is 0 Å². The highest BCUT2D eigenvalue weighted by Gasteiger charge is 2.14. The minimum Gasteiger partial charge on any atom is -0.312 e. The second-order valence-corrected chi connectivity index (χ2v) is 6.21. The molecule has 1 aromatic carbocycles. The minimum absolute atomic E-state index is 0.185. The van der Waals surface area contributed by atoms with Crippen LogP contribution in [0.2, 0.25) is 5.02 Å². The van der Waals surface area contributed by atoms with E-state index in [1.54, 1.807) is 17.4 Å². The molecule has 1 aromatic heterocycles. The summed E-state index contributed by atoms with van der Waals surface area (Å²) in [5.41, 5.74) is 0.946. The highest BCUT2D eigenvalue weighted by molar-refractivity contribution is 9.10. The third kappa shape index (κ3) is 3.32. The maximum atomic E-state index is 13.0. The molecule has 1 unspecified atom stereocenters. The van der Waals surface area contributed by atoms with Crippen molar-refractivity contribution < 1.29 is 4.39 Å². The van der Waals surface area contributed by atoms with Gasteiger partial charge in [-0.2, -0.15) is 0 Å². The van der Waals surface area contributed by atoms with Gasteiger partial charge in [-0.1, -0.05) is 17.7 Å². The Labute approximate surface area is 123 Å². The molecule has 1 atom stereocenters. The Bertz CT molecular complexity index is 544. The molecule has 1 nitrogen and oxygen atoms in total. The molecular formula is C13H12BrClFNS. The summed E-state index contributed by atoms with van der Waals surface area (Å²) >= 11 is 11.2. The fourth-order valence-electron chi connectivity index (χ4n) is 1.76. The molecule has 0 aliphatic heterocycles. The zero-order chi connectivity index (χ0) is 13.1. The molecule has 1 heterocycles. The van der Waals surface area contributed by atoms with Gasteiger partial charge in [-0.15, -0.1) is 11.3 Å². The van der Waals surface area contributed by atoms with Crippen LogP contribution in [0.5, 0.6) is 0 Å². The lowest BCUT2D eigenvalue weighted by atomic mass is 10.0. The van der Waals surface area contributed by atoms with Gasteiger partial charge < -0.3 is 5.32 Å². The van der Waals surface area contributed by atoms with Crippen LogP contribution in [0.1, 0.15) is 16.5 Å². The average molecular weight is 349 g/mol. The zero-order valence-corrected chi connectivity index (χ0v) is 12.9. The van der Waals surface area contributed by atoms with Gasteiger partial charge in [0.05, 0.1) is 0 Å². The highest BCUT2D eigenvalue weighted by Crippen LogP contribution is 2.29. The number of benzene rings is 1. The van der Waals surface area contributed by atoms with Crippen molar-refractivity contribution in [1.29, 1.82) is 0 Å². The van der Waals surface area contributed by atoms with Crippen LogP contribution in [-0.4, -0.2) is 7.05 Å². The lowest BCUT2D eigenvalue weighted by molar-refractivity contribution is 0.598. The third-order valence-corrected chi connectivity index (χ3v) is 4.88. The Hall–Kier alpha value is -0.420. The first-order chi connectivity index (χ1) is 8.60. The summed E-state index contributed by atoms with van der Waals surface area (Å²) in [6.45, 7) is 0. The van der Waals surface area contributed by atoms with E-state index in [4.69, 9.17) is 11.6 Å². The van der Waals surface area contributed by atoms with Crippen molar-refractivity contribution >= 4 is 38.9 Å². The van der Waals surface area contributed by atoms with Gasteiger partial charge in [0.25, 0.3) is 0 Å². The largest absolute Gasteiger partial charge is 0.312 e. The van der Waals surface area contributed by atoms with Crippen molar-refractivity contribution in [2.45, 2.75) is 12.5 Å². The maximum Gasteiger partial charge on any atom is 0.124 e. The van der Waals surface area contributed by atoms with Crippen LogP contribution in [-0.2, 0) is 6.42 Å². The van der Waals surface area contributed by atoms with Gasteiger partial charge in [0.2, 0.25) is 0 Å². The minimum atomic E-state index is -0.302. The standard InChI is InChI=1S/C13H12BrClFNS/c1-17-12(13-5-9(14)7-18-13)4-8-2-3-10(16)6-11(8)15/h2-3,5-7,12,17H,4H2,1H3. The molecular weight excluding hydrogens is 337 g/mol. The second kappa shape index (κ2) is 6.15. The Morgan fingerprint density at radius 1 is 1.44 bits per heavy atom. The molecule has 0 radical (unpaired) electrons. The van der Waals surface area contributed by atoms with Crippen LogP contribution >= 0.6 is 38.9 Å². The third-order valence-electron chi connectivity index (χ3n) is 2.72. The summed E-state index contributed by atoms with van der Waals surface area (Å²) in [6, 6.07) is 6.81. The lowest BCUT2D eigenvalue weighted by Crippen LogP contribution is -2.17. The maximum absolute atomic E-state index is 13.0. The molecule has 0 aliphatic carbocycles. The fourth-order valence-corrected chi connectivity index (χ4v) is 3.56. The Morgan fingerprint density at radius 3 is 2.78 bits per heavy atom. The second-order valence-electron chi connectivity index (χ2n) is 3.95. The summed E-state index contributed by atoms with van der Waals surface area (Å²) < 4.78 is 14.1. The monoisotopic (exact) mass is 347 g/mol. The fraction of sp³-hybridized carbons (Fsp3) is 0.231. The van der Waals surface area contributed by atoms with Gasteiger partial charge in [0, 0.05) is 25.8 Å². The molecule has 2 aromatic rings. The van der Waals surface area contributed by atoms with Crippen LogP contribution in [0.15, 0.2) is 34.1 Å². The van der Waals surface area contributed by atoms with Crippen LogP contribution in [0, 0.1) is 5.82 Å². The predicted molar refractivity (Wildman–Crippen MR) is 78.9 cm³/mol. The molecule has 0 spiro atoms. The number of rotatable bonds is 4. The van der Waals surface area contributed by atoms with Crippen molar-refractivity contribution in [2.24, 2.45) is 0 Å². The van der Waals surface area contributed by atoms with E-state index in [1.807, 2.05) is 12.4 Å². The molecule has 1 N–H and O–H groups in total. The van der Waals surface area contributed by atoms with Crippen molar-refractivity contribution in [3.8, 4) is 0 Å². The van der Waals surface area contributed by atoms with E-state index < -0.39 is 0 Å². The summed E-state index contributed by atoms with van der Waals surface area (Å²) in [4.78, 5) is 1.23. The molecule has 96 valence electrons. The van der Waals surface area contributed by atoms with Gasteiger partial charge in [-0.25, -0.2) is 4.39 Å². The Balaban J connectivity index is 2.20. The lowest BCUT2D eigenvalue weighted by Gasteiger charge is -2.15. The number of thiophene rings is 1. The van der Waals surface area contributed by atoms with E-state index in [1.165, 1.54) is 17.0 Å². The summed E-state index contributed by atoms with van der Waals surface area (Å²) in [5.74, 6) is -0.302. The van der Waals surface area contributed by atoms with Gasteiger partial charge >= 0.3 is 0 Å². The first-order valence-electron chi connectivity index (χ1n) is 5.45. The zero-order valence-electron chi connectivity index (χ0n) is 9.71. The molecule has 0 fully saturated rings. The van der Waals surface area contributed by atoms with E-state index in [0.717, 1.165) is 16.5 Å². The van der Waals surface area contributed by atoms with E-state index in [2.05, 4.69) is 27.3 Å². The smallest absolute Gasteiger partial charge is 0.124 e. The summed E-state index contributed by atoms with van der Waals surface area (Å²) in [6.07, 6.45) is 0.739. The molecule has 0 saturated carbocycles. The number of halogens is 3. The van der Waals surface area contributed by atoms with E-state index >= 15 is 0 Å². The molecule has 2 rings (SSSR count).